The third kappa shape index (κ3) is 2.32. The van der Waals surface area contributed by atoms with Crippen LogP contribution in [0, 0.1) is 0 Å². The molecule has 4 nitrogen and oxygen atoms in total. The van der Waals surface area contributed by atoms with Gasteiger partial charge >= 0.3 is 6.36 Å². The first kappa shape index (κ1) is 10.7. The van der Waals surface area contributed by atoms with Crippen molar-refractivity contribution in [2.24, 2.45) is 0 Å². The standard InChI is InChI=1S/C6H5ClF3N3O/c7-2-1-13-5(12)3(11)4(2)14-6(8,9)10/h1H,11H2,(H2,12,13). The number of nitrogens with zero attached hydrogens (tertiary/aromatic N) is 1. The van der Waals surface area contributed by atoms with Gasteiger partial charge in [0.05, 0.1) is 6.20 Å². The van der Waals surface area contributed by atoms with Crippen LogP contribution in [0.5, 0.6) is 5.75 Å². The third-order valence-electron chi connectivity index (χ3n) is 1.27. The number of rotatable bonds is 1. The molecular weight excluding hydrogens is 223 g/mol. The normalized spacial score (nSPS) is 11.4. The summed E-state index contributed by atoms with van der Waals surface area (Å²) in [6.45, 7) is 0. The zero-order valence-corrected chi connectivity index (χ0v) is 7.36. The summed E-state index contributed by atoms with van der Waals surface area (Å²) in [6.07, 6.45) is -3.94. The van der Waals surface area contributed by atoms with Gasteiger partial charge in [-0.2, -0.15) is 0 Å². The molecular formula is C6H5ClF3N3O. The highest BCUT2D eigenvalue weighted by atomic mass is 35.5. The average molecular weight is 228 g/mol. The minimum atomic E-state index is -4.87. The van der Waals surface area contributed by atoms with E-state index in [0.29, 0.717) is 0 Å². The Hall–Kier alpha value is -1.37. The number of nitrogens with two attached hydrogens (primary N) is 2. The first-order valence-corrected chi connectivity index (χ1v) is 3.64. The summed E-state index contributed by atoms with van der Waals surface area (Å²) < 4.78 is 39.1. The molecule has 1 heterocycles. The summed E-state index contributed by atoms with van der Waals surface area (Å²) in [6, 6.07) is 0. The molecule has 0 unspecified atom stereocenters. The lowest BCUT2D eigenvalue weighted by molar-refractivity contribution is -0.274. The smallest absolute Gasteiger partial charge is 0.402 e. The summed E-state index contributed by atoms with van der Waals surface area (Å²) in [7, 11) is 0. The van der Waals surface area contributed by atoms with Crippen LogP contribution in [-0.2, 0) is 0 Å². The van der Waals surface area contributed by atoms with Gasteiger partial charge in [0.25, 0.3) is 0 Å². The number of hydrogen-bond donors (Lipinski definition) is 2. The van der Waals surface area contributed by atoms with Crippen molar-refractivity contribution >= 4 is 23.1 Å². The van der Waals surface area contributed by atoms with Crippen LogP contribution in [0.4, 0.5) is 24.7 Å². The SMILES string of the molecule is Nc1ncc(Cl)c(OC(F)(F)F)c1N. The Kier molecular flexibility index (Phi) is 2.61. The molecule has 0 amide bonds. The van der Waals surface area contributed by atoms with Crippen molar-refractivity contribution in [2.75, 3.05) is 11.5 Å². The molecule has 0 aliphatic rings. The Bertz CT molecular complexity index is 355. The summed E-state index contributed by atoms with van der Waals surface area (Å²) in [5.41, 5.74) is 9.92. The predicted octanol–water partition coefficient (Wildman–Crippen LogP) is 1.80. The van der Waals surface area contributed by atoms with Gasteiger partial charge in [0, 0.05) is 0 Å². The van der Waals surface area contributed by atoms with E-state index >= 15 is 0 Å². The maximum Gasteiger partial charge on any atom is 0.573 e. The van der Waals surface area contributed by atoms with Gasteiger partial charge in [-0.25, -0.2) is 4.98 Å². The molecule has 1 aromatic rings. The van der Waals surface area contributed by atoms with Gasteiger partial charge in [0.15, 0.2) is 11.6 Å². The Morgan fingerprint density at radius 1 is 1.36 bits per heavy atom. The molecule has 0 aliphatic heterocycles. The molecule has 14 heavy (non-hydrogen) atoms. The molecule has 0 aliphatic carbocycles. The van der Waals surface area contributed by atoms with Crippen LogP contribution in [-0.4, -0.2) is 11.3 Å². The molecule has 0 aromatic carbocycles. The zero-order chi connectivity index (χ0) is 10.9. The van der Waals surface area contributed by atoms with Crippen molar-refractivity contribution in [1.29, 1.82) is 0 Å². The maximum absolute atomic E-state index is 11.8. The number of aromatic nitrogens is 1. The second-order valence-corrected chi connectivity index (χ2v) is 2.69. The van der Waals surface area contributed by atoms with Crippen LogP contribution in [0.2, 0.25) is 5.02 Å². The summed E-state index contributed by atoms with van der Waals surface area (Å²) in [5, 5.41) is -0.353. The minimum Gasteiger partial charge on any atom is -0.402 e. The number of nitrogen functional groups attached to an aromatic ring is 2. The van der Waals surface area contributed by atoms with Gasteiger partial charge in [-0.3, -0.25) is 0 Å². The zero-order valence-electron chi connectivity index (χ0n) is 6.60. The molecule has 4 N–H and O–H groups in total. The number of anilines is 2. The number of halogens is 4. The lowest BCUT2D eigenvalue weighted by Crippen LogP contribution is -2.19. The van der Waals surface area contributed by atoms with Crippen LogP contribution in [0.15, 0.2) is 6.20 Å². The number of alkyl halides is 3. The van der Waals surface area contributed by atoms with E-state index in [1.807, 2.05) is 0 Å². The lowest BCUT2D eigenvalue weighted by atomic mass is 10.3. The minimum absolute atomic E-state index is 0.270. The van der Waals surface area contributed by atoms with Crippen LogP contribution in [0.3, 0.4) is 0 Å². The molecule has 1 rings (SSSR count). The van der Waals surface area contributed by atoms with E-state index in [9.17, 15) is 13.2 Å². The highest BCUT2D eigenvalue weighted by Crippen LogP contribution is 2.36. The number of ether oxygens (including phenoxy) is 1. The molecule has 0 saturated carbocycles. The highest BCUT2D eigenvalue weighted by Gasteiger charge is 2.33. The van der Waals surface area contributed by atoms with E-state index in [4.69, 9.17) is 23.1 Å². The van der Waals surface area contributed by atoms with Crippen LogP contribution < -0.4 is 16.2 Å². The fourth-order valence-corrected chi connectivity index (χ4v) is 0.908. The van der Waals surface area contributed by atoms with Gasteiger partial charge in [-0.15, -0.1) is 13.2 Å². The number of hydrogen-bond acceptors (Lipinski definition) is 4. The maximum atomic E-state index is 11.8. The summed E-state index contributed by atoms with van der Waals surface area (Å²) in [5.74, 6) is -1.000. The lowest BCUT2D eigenvalue weighted by Gasteiger charge is -2.12. The van der Waals surface area contributed by atoms with Crippen molar-refractivity contribution in [2.45, 2.75) is 6.36 Å². The van der Waals surface area contributed by atoms with Gasteiger partial charge in [0.2, 0.25) is 0 Å². The Labute approximate surface area is 81.6 Å². The fraction of sp³-hybridized carbons (Fsp3) is 0.167. The first-order valence-electron chi connectivity index (χ1n) is 3.26. The molecule has 0 radical (unpaired) electrons. The number of pyridine rings is 1. The Balaban J connectivity index is 3.13. The molecule has 0 bridgehead atoms. The highest BCUT2D eigenvalue weighted by molar-refractivity contribution is 6.32. The van der Waals surface area contributed by atoms with Gasteiger partial charge in [0.1, 0.15) is 10.7 Å². The van der Waals surface area contributed by atoms with Gasteiger partial charge in [-0.05, 0) is 0 Å². The summed E-state index contributed by atoms with van der Waals surface area (Å²) >= 11 is 5.38. The second-order valence-electron chi connectivity index (χ2n) is 2.28. The quantitative estimate of drug-likeness (QED) is 0.767. The monoisotopic (exact) mass is 227 g/mol. The Morgan fingerprint density at radius 2 is 1.93 bits per heavy atom. The van der Waals surface area contributed by atoms with Crippen molar-refractivity contribution < 1.29 is 17.9 Å². The van der Waals surface area contributed by atoms with Gasteiger partial charge in [-0.1, -0.05) is 11.6 Å². The fourth-order valence-electron chi connectivity index (χ4n) is 0.719. The van der Waals surface area contributed by atoms with E-state index < -0.39 is 17.8 Å². The van der Waals surface area contributed by atoms with Gasteiger partial charge < -0.3 is 16.2 Å². The predicted molar refractivity (Wildman–Crippen MR) is 44.8 cm³/mol. The Morgan fingerprint density at radius 3 is 2.43 bits per heavy atom. The van der Waals surface area contributed by atoms with Crippen molar-refractivity contribution in [3.05, 3.63) is 11.2 Å². The largest absolute Gasteiger partial charge is 0.573 e. The van der Waals surface area contributed by atoms with E-state index in [1.54, 1.807) is 0 Å². The molecule has 1 aromatic heterocycles. The molecule has 0 saturated heterocycles. The molecule has 0 spiro atoms. The van der Waals surface area contributed by atoms with Crippen LogP contribution >= 0.6 is 11.6 Å². The molecule has 0 fully saturated rings. The average Bonchev–Trinajstić information content (AvgIpc) is 2.04. The molecule has 0 atom stereocenters. The first-order chi connectivity index (χ1) is 6.31. The molecule has 78 valence electrons. The van der Waals surface area contributed by atoms with E-state index in [-0.39, 0.29) is 10.8 Å². The third-order valence-corrected chi connectivity index (χ3v) is 1.54. The molecule has 8 heteroatoms. The van der Waals surface area contributed by atoms with Crippen LogP contribution in [0.25, 0.3) is 0 Å². The van der Waals surface area contributed by atoms with Crippen molar-refractivity contribution in [3.63, 3.8) is 0 Å². The van der Waals surface area contributed by atoms with Crippen molar-refractivity contribution in [3.8, 4) is 5.75 Å². The van der Waals surface area contributed by atoms with Crippen LogP contribution in [0.1, 0.15) is 0 Å². The second kappa shape index (κ2) is 3.41. The van der Waals surface area contributed by atoms with E-state index in [0.717, 1.165) is 6.20 Å². The topological polar surface area (TPSA) is 74.2 Å². The van der Waals surface area contributed by atoms with E-state index in [1.165, 1.54) is 0 Å². The van der Waals surface area contributed by atoms with E-state index in [2.05, 4.69) is 9.72 Å². The summed E-state index contributed by atoms with van der Waals surface area (Å²) in [4.78, 5) is 3.44. The van der Waals surface area contributed by atoms with Crippen molar-refractivity contribution in [1.82, 2.24) is 4.98 Å².